The Morgan fingerprint density at radius 2 is 1.89 bits per heavy atom. The molecule has 3 N–H and O–H groups in total. The Hall–Kier alpha value is -3.87. The summed E-state index contributed by atoms with van der Waals surface area (Å²) in [6, 6.07) is 12.4. The number of ether oxygens (including phenoxy) is 1. The molecule has 2 heterocycles. The molecule has 2 aromatic carbocycles. The van der Waals surface area contributed by atoms with Gasteiger partial charge in [0.25, 0.3) is 11.8 Å². The first-order chi connectivity index (χ1) is 13.1. The lowest BCUT2D eigenvalue weighted by Crippen LogP contribution is -2.22. The maximum Gasteiger partial charge on any atom is 0.277 e. The number of aromatic nitrogens is 1. The number of fused-ring (bicyclic) bond motifs is 1. The number of phenols is 1. The number of nitrogens with one attached hydrogen (secondary N) is 2. The highest BCUT2D eigenvalue weighted by molar-refractivity contribution is 6.37. The lowest BCUT2D eigenvalue weighted by atomic mass is 10.0. The number of carbonyl (C=O) groups is 2. The van der Waals surface area contributed by atoms with Crippen molar-refractivity contribution < 1.29 is 19.4 Å². The number of nitrogens with zero attached hydrogens (tertiary/aromatic N) is 1. The van der Waals surface area contributed by atoms with E-state index < -0.39 is 11.8 Å². The molecule has 2 amide bonds. The van der Waals surface area contributed by atoms with Gasteiger partial charge in [-0.3, -0.25) is 14.9 Å². The van der Waals surface area contributed by atoms with Crippen LogP contribution in [-0.4, -0.2) is 35.2 Å². The van der Waals surface area contributed by atoms with E-state index in [9.17, 15) is 14.7 Å². The second kappa shape index (κ2) is 6.45. The molecule has 0 aliphatic carbocycles. The number of H-pyrrole nitrogens is 1. The second-order valence-electron chi connectivity index (χ2n) is 5.91. The van der Waals surface area contributed by atoms with Crippen molar-refractivity contribution in [2.45, 2.75) is 0 Å². The Labute approximate surface area is 154 Å². The summed E-state index contributed by atoms with van der Waals surface area (Å²) in [5.74, 6) is -0.898. The average molecular weight is 361 g/mol. The van der Waals surface area contributed by atoms with E-state index in [4.69, 9.17) is 4.74 Å². The first kappa shape index (κ1) is 16.6. The summed E-state index contributed by atoms with van der Waals surface area (Å²) in [5, 5.41) is 13.3. The van der Waals surface area contributed by atoms with Crippen molar-refractivity contribution in [3.63, 3.8) is 0 Å². The molecule has 27 heavy (non-hydrogen) atoms. The molecule has 1 aliphatic heterocycles. The number of aromatic hydroxyl groups is 1. The third-order valence-electron chi connectivity index (χ3n) is 4.35. The van der Waals surface area contributed by atoms with Crippen molar-refractivity contribution >= 4 is 34.5 Å². The van der Waals surface area contributed by atoms with Gasteiger partial charge < -0.3 is 14.8 Å². The minimum absolute atomic E-state index is 0.00743. The molecule has 7 nitrogen and oxygen atoms in total. The van der Waals surface area contributed by atoms with Crippen LogP contribution in [0.5, 0.6) is 11.5 Å². The lowest BCUT2D eigenvalue weighted by molar-refractivity contribution is -0.123. The van der Waals surface area contributed by atoms with E-state index in [0.717, 1.165) is 10.9 Å². The van der Waals surface area contributed by atoms with Gasteiger partial charge in [0.2, 0.25) is 0 Å². The van der Waals surface area contributed by atoms with E-state index in [1.54, 1.807) is 24.4 Å². The monoisotopic (exact) mass is 361 g/mol. The molecule has 1 aromatic heterocycles. The standard InChI is InChI=1S/C20H15N3O4/c1-27-15-8-4-5-11(18(15)24)9-22-17-16(19(25)23-20(17)26)13-10-21-14-7-3-2-6-12(13)14/h2-10,21,24H,1H3,(H,23,25,26). The van der Waals surface area contributed by atoms with E-state index in [-0.39, 0.29) is 22.8 Å². The maximum atomic E-state index is 12.4. The third-order valence-corrected chi connectivity index (χ3v) is 4.35. The fourth-order valence-corrected chi connectivity index (χ4v) is 3.04. The molecule has 3 aromatic rings. The number of amides is 2. The molecule has 0 fully saturated rings. The Bertz CT molecular complexity index is 1140. The number of imide groups is 1. The van der Waals surface area contributed by atoms with Gasteiger partial charge >= 0.3 is 0 Å². The summed E-state index contributed by atoms with van der Waals surface area (Å²) in [5.41, 5.74) is 1.99. The summed E-state index contributed by atoms with van der Waals surface area (Å²) in [6.45, 7) is 0. The van der Waals surface area contributed by atoms with Crippen LogP contribution in [0.15, 0.2) is 59.4 Å². The quantitative estimate of drug-likeness (QED) is 0.490. The summed E-state index contributed by atoms with van der Waals surface area (Å²) < 4.78 is 5.06. The topological polar surface area (TPSA) is 104 Å². The molecule has 134 valence electrons. The van der Waals surface area contributed by atoms with Gasteiger partial charge in [-0.25, -0.2) is 4.99 Å². The van der Waals surface area contributed by atoms with Crippen molar-refractivity contribution in [3.05, 3.63) is 65.5 Å². The first-order valence-corrected chi connectivity index (χ1v) is 8.16. The minimum Gasteiger partial charge on any atom is -0.504 e. The van der Waals surface area contributed by atoms with Crippen LogP contribution in [0.25, 0.3) is 16.5 Å². The molecule has 4 rings (SSSR count). The Morgan fingerprint density at radius 3 is 2.70 bits per heavy atom. The van der Waals surface area contributed by atoms with Crippen LogP contribution in [-0.2, 0) is 9.59 Å². The summed E-state index contributed by atoms with van der Waals surface area (Å²) in [6.07, 6.45) is 3.01. The molecule has 0 bridgehead atoms. The van der Waals surface area contributed by atoms with Crippen molar-refractivity contribution in [2.24, 2.45) is 4.99 Å². The van der Waals surface area contributed by atoms with Crippen LogP contribution in [0.1, 0.15) is 11.1 Å². The van der Waals surface area contributed by atoms with Gasteiger partial charge in [-0.2, -0.15) is 0 Å². The highest BCUT2D eigenvalue weighted by Gasteiger charge is 2.32. The van der Waals surface area contributed by atoms with Gasteiger partial charge in [0.1, 0.15) is 5.70 Å². The van der Waals surface area contributed by atoms with Crippen LogP contribution in [0.2, 0.25) is 0 Å². The zero-order chi connectivity index (χ0) is 19.0. The first-order valence-electron chi connectivity index (χ1n) is 8.16. The minimum atomic E-state index is -0.584. The third kappa shape index (κ3) is 2.75. The number of hydrogen-bond acceptors (Lipinski definition) is 5. The number of hydrogen-bond donors (Lipinski definition) is 3. The Balaban J connectivity index is 1.83. The number of rotatable bonds is 4. The number of aliphatic imine (C=N–C) groups is 1. The maximum absolute atomic E-state index is 12.4. The molecule has 0 saturated heterocycles. The van der Waals surface area contributed by atoms with Crippen molar-refractivity contribution in [1.29, 1.82) is 0 Å². The largest absolute Gasteiger partial charge is 0.504 e. The fraction of sp³-hybridized carbons (Fsp3) is 0.0500. The van der Waals surface area contributed by atoms with Crippen molar-refractivity contribution in [1.82, 2.24) is 10.3 Å². The molecular weight excluding hydrogens is 346 g/mol. The van der Waals surface area contributed by atoms with Gasteiger partial charge in [0.15, 0.2) is 11.5 Å². The van der Waals surface area contributed by atoms with E-state index >= 15 is 0 Å². The zero-order valence-corrected chi connectivity index (χ0v) is 14.3. The summed E-state index contributed by atoms with van der Waals surface area (Å²) in [4.78, 5) is 31.9. The number of para-hydroxylation sites is 2. The van der Waals surface area contributed by atoms with Crippen LogP contribution in [0.4, 0.5) is 0 Å². The predicted octanol–water partition coefficient (Wildman–Crippen LogP) is 2.37. The molecule has 0 spiro atoms. The van der Waals surface area contributed by atoms with Crippen LogP contribution < -0.4 is 10.1 Å². The lowest BCUT2D eigenvalue weighted by Gasteiger charge is -2.05. The molecular formula is C20H15N3O4. The Kier molecular flexibility index (Phi) is 3.97. The number of carbonyl (C=O) groups excluding carboxylic acids is 2. The van der Waals surface area contributed by atoms with Gasteiger partial charge in [0.05, 0.1) is 12.7 Å². The number of phenolic OH excluding ortho intramolecular Hbond substituents is 1. The number of aromatic amines is 1. The van der Waals surface area contributed by atoms with Crippen LogP contribution >= 0.6 is 0 Å². The van der Waals surface area contributed by atoms with Crippen molar-refractivity contribution in [2.75, 3.05) is 7.11 Å². The van der Waals surface area contributed by atoms with Gasteiger partial charge in [-0.15, -0.1) is 0 Å². The predicted molar refractivity (Wildman–Crippen MR) is 101 cm³/mol. The van der Waals surface area contributed by atoms with E-state index in [0.29, 0.717) is 11.1 Å². The number of methoxy groups -OCH3 is 1. The smallest absolute Gasteiger partial charge is 0.277 e. The highest BCUT2D eigenvalue weighted by Crippen LogP contribution is 2.32. The molecule has 0 radical (unpaired) electrons. The van der Waals surface area contributed by atoms with Crippen LogP contribution in [0.3, 0.4) is 0 Å². The van der Waals surface area contributed by atoms with Gasteiger partial charge in [0, 0.05) is 34.4 Å². The molecule has 1 aliphatic rings. The molecule has 0 unspecified atom stereocenters. The highest BCUT2D eigenvalue weighted by atomic mass is 16.5. The van der Waals surface area contributed by atoms with Gasteiger partial charge in [-0.05, 0) is 18.2 Å². The molecule has 0 atom stereocenters. The van der Waals surface area contributed by atoms with Crippen molar-refractivity contribution in [3.8, 4) is 11.5 Å². The van der Waals surface area contributed by atoms with E-state index in [1.165, 1.54) is 13.3 Å². The van der Waals surface area contributed by atoms with Crippen LogP contribution in [0, 0.1) is 0 Å². The Morgan fingerprint density at radius 1 is 1.07 bits per heavy atom. The zero-order valence-electron chi connectivity index (χ0n) is 14.3. The normalized spacial score (nSPS) is 14.4. The fourth-order valence-electron chi connectivity index (χ4n) is 3.04. The van der Waals surface area contributed by atoms with Gasteiger partial charge in [-0.1, -0.05) is 24.3 Å². The number of benzene rings is 2. The molecule has 7 heteroatoms. The van der Waals surface area contributed by atoms with E-state index in [1.807, 2.05) is 24.3 Å². The SMILES string of the molecule is COc1cccc(C=NC2=C(c3c[nH]c4ccccc34)C(=O)NC2=O)c1O. The molecule has 0 saturated carbocycles. The van der Waals surface area contributed by atoms with E-state index in [2.05, 4.69) is 15.3 Å². The second-order valence-corrected chi connectivity index (χ2v) is 5.91. The average Bonchev–Trinajstić information content (AvgIpc) is 3.21. The summed E-state index contributed by atoms with van der Waals surface area (Å²) >= 11 is 0. The summed E-state index contributed by atoms with van der Waals surface area (Å²) in [7, 11) is 1.44.